The van der Waals surface area contributed by atoms with Gasteiger partial charge in [-0.1, -0.05) is 30.3 Å². The molecule has 1 amide bonds. The van der Waals surface area contributed by atoms with E-state index in [0.717, 1.165) is 25.9 Å². The molecule has 0 spiro atoms. The molecular weight excluding hydrogens is 264 g/mol. The maximum absolute atomic E-state index is 11.4. The number of hydrogen-bond acceptors (Lipinski definition) is 2. The lowest BCUT2D eigenvalue weighted by atomic mass is 9.98. The molecule has 1 atom stereocenters. The summed E-state index contributed by atoms with van der Waals surface area (Å²) in [5.41, 5.74) is 1.37. The molecule has 1 aromatic rings. The normalized spacial score (nSPS) is 20.5. The second kappa shape index (κ2) is 6.48. The van der Waals surface area contributed by atoms with E-state index in [1.807, 2.05) is 18.2 Å². The number of aryl methyl sites for hydroxylation is 1. The summed E-state index contributed by atoms with van der Waals surface area (Å²) in [6.45, 7) is 8.82. The van der Waals surface area contributed by atoms with E-state index in [4.69, 9.17) is 0 Å². The molecule has 0 aromatic heterocycles. The first-order chi connectivity index (χ1) is 9.88. The van der Waals surface area contributed by atoms with E-state index in [-0.39, 0.29) is 11.6 Å². The molecule has 21 heavy (non-hydrogen) atoms. The minimum Gasteiger partial charge on any atom is -0.465 e. The number of benzene rings is 1. The third-order valence-electron chi connectivity index (χ3n) is 4.29. The smallest absolute Gasteiger partial charge is 0.407 e. The van der Waals surface area contributed by atoms with Crippen LogP contribution in [0.3, 0.4) is 0 Å². The number of carboxylic acid groups (broad SMARTS) is 1. The predicted octanol–water partition coefficient (Wildman–Crippen LogP) is 3.08. The molecule has 1 aliphatic rings. The summed E-state index contributed by atoms with van der Waals surface area (Å²) < 4.78 is 0. The lowest BCUT2D eigenvalue weighted by molar-refractivity contribution is 0.0231. The molecule has 1 aliphatic heterocycles. The third-order valence-corrected chi connectivity index (χ3v) is 4.29. The van der Waals surface area contributed by atoms with E-state index in [1.165, 1.54) is 5.56 Å². The Bertz CT molecular complexity index is 467. The van der Waals surface area contributed by atoms with Crippen molar-refractivity contribution in [2.75, 3.05) is 19.6 Å². The molecule has 0 saturated carbocycles. The van der Waals surface area contributed by atoms with Crippen molar-refractivity contribution in [1.29, 1.82) is 0 Å². The zero-order valence-electron chi connectivity index (χ0n) is 13.2. The first-order valence-electron chi connectivity index (χ1n) is 7.66. The molecular formula is C17H26N2O2. The lowest BCUT2D eigenvalue weighted by Crippen LogP contribution is -2.59. The van der Waals surface area contributed by atoms with Gasteiger partial charge in [-0.3, -0.25) is 4.90 Å². The van der Waals surface area contributed by atoms with E-state index in [0.29, 0.717) is 6.54 Å². The van der Waals surface area contributed by atoms with Gasteiger partial charge in [0.15, 0.2) is 0 Å². The second-order valence-corrected chi connectivity index (χ2v) is 6.77. The van der Waals surface area contributed by atoms with Gasteiger partial charge in [0.1, 0.15) is 0 Å². The molecule has 1 saturated heterocycles. The molecule has 1 fully saturated rings. The van der Waals surface area contributed by atoms with Gasteiger partial charge in [-0.25, -0.2) is 4.79 Å². The third kappa shape index (κ3) is 4.21. The van der Waals surface area contributed by atoms with Gasteiger partial charge in [-0.05, 0) is 39.2 Å². The summed E-state index contributed by atoms with van der Waals surface area (Å²) in [4.78, 5) is 15.4. The van der Waals surface area contributed by atoms with E-state index >= 15 is 0 Å². The van der Waals surface area contributed by atoms with E-state index in [9.17, 15) is 9.90 Å². The number of hydrogen-bond donors (Lipinski definition) is 1. The Kier molecular flexibility index (Phi) is 4.88. The van der Waals surface area contributed by atoms with Crippen molar-refractivity contribution in [2.45, 2.75) is 45.2 Å². The van der Waals surface area contributed by atoms with Crippen LogP contribution in [0.2, 0.25) is 0 Å². The zero-order chi connectivity index (χ0) is 15.5. The Hall–Kier alpha value is -1.55. The monoisotopic (exact) mass is 290 g/mol. The Morgan fingerprint density at radius 1 is 1.24 bits per heavy atom. The predicted molar refractivity (Wildman–Crippen MR) is 84.6 cm³/mol. The SMILES string of the molecule is CC(C)(C)N1CCN(C(=O)O)C(CCc2ccccc2)C1. The molecule has 0 bridgehead atoms. The summed E-state index contributed by atoms with van der Waals surface area (Å²) in [5.74, 6) is 0. The van der Waals surface area contributed by atoms with E-state index < -0.39 is 6.09 Å². The van der Waals surface area contributed by atoms with Crippen LogP contribution in [0, 0.1) is 0 Å². The van der Waals surface area contributed by atoms with E-state index in [2.05, 4.69) is 37.8 Å². The quantitative estimate of drug-likeness (QED) is 0.930. The van der Waals surface area contributed by atoms with Crippen LogP contribution in [0.5, 0.6) is 0 Å². The maximum atomic E-state index is 11.4. The summed E-state index contributed by atoms with van der Waals surface area (Å²) in [6, 6.07) is 10.4. The fraction of sp³-hybridized carbons (Fsp3) is 0.588. The molecule has 116 valence electrons. The number of piperazine rings is 1. The minimum absolute atomic E-state index is 0.0793. The maximum Gasteiger partial charge on any atom is 0.407 e. The van der Waals surface area contributed by atoms with Gasteiger partial charge in [0.25, 0.3) is 0 Å². The fourth-order valence-corrected chi connectivity index (χ4v) is 2.94. The average Bonchev–Trinajstić information content (AvgIpc) is 2.45. The van der Waals surface area contributed by atoms with Crippen LogP contribution >= 0.6 is 0 Å². The highest BCUT2D eigenvalue weighted by Gasteiger charge is 2.34. The van der Waals surface area contributed by atoms with Crippen LogP contribution < -0.4 is 0 Å². The van der Waals surface area contributed by atoms with Gasteiger partial charge >= 0.3 is 6.09 Å². The Morgan fingerprint density at radius 2 is 1.90 bits per heavy atom. The number of nitrogens with zero attached hydrogens (tertiary/aromatic N) is 2. The number of carbonyl (C=O) groups is 1. The summed E-state index contributed by atoms with van der Waals surface area (Å²) >= 11 is 0. The molecule has 0 radical (unpaired) electrons. The van der Waals surface area contributed by atoms with Crippen LogP contribution in [0.1, 0.15) is 32.8 Å². The van der Waals surface area contributed by atoms with Crippen molar-refractivity contribution in [3.63, 3.8) is 0 Å². The Labute approximate surface area is 127 Å². The van der Waals surface area contributed by atoms with Crippen LogP contribution in [-0.2, 0) is 6.42 Å². The summed E-state index contributed by atoms with van der Waals surface area (Å²) in [6.07, 6.45) is 1.01. The molecule has 4 nitrogen and oxygen atoms in total. The lowest BCUT2D eigenvalue weighted by Gasteiger charge is -2.46. The van der Waals surface area contributed by atoms with Crippen molar-refractivity contribution in [3.05, 3.63) is 35.9 Å². The summed E-state index contributed by atoms with van der Waals surface area (Å²) in [7, 11) is 0. The molecule has 4 heteroatoms. The van der Waals surface area contributed by atoms with Crippen molar-refractivity contribution >= 4 is 6.09 Å². The first-order valence-corrected chi connectivity index (χ1v) is 7.66. The van der Waals surface area contributed by atoms with Gasteiger partial charge in [0.2, 0.25) is 0 Å². The summed E-state index contributed by atoms with van der Waals surface area (Å²) in [5, 5.41) is 9.40. The van der Waals surface area contributed by atoms with Crippen LogP contribution in [-0.4, -0.2) is 52.2 Å². The molecule has 1 N–H and O–H groups in total. The largest absolute Gasteiger partial charge is 0.465 e. The zero-order valence-corrected chi connectivity index (χ0v) is 13.2. The van der Waals surface area contributed by atoms with Gasteiger partial charge in [0.05, 0.1) is 0 Å². The highest BCUT2D eigenvalue weighted by atomic mass is 16.4. The molecule has 1 unspecified atom stereocenters. The molecule has 0 aliphatic carbocycles. The standard InChI is InChI=1S/C17H26N2O2/c1-17(2,3)18-11-12-19(16(20)21)15(13-18)10-9-14-7-5-4-6-8-14/h4-8,15H,9-13H2,1-3H3,(H,20,21). The Morgan fingerprint density at radius 3 is 2.48 bits per heavy atom. The van der Waals surface area contributed by atoms with Crippen LogP contribution in [0.25, 0.3) is 0 Å². The fourth-order valence-electron chi connectivity index (χ4n) is 2.94. The average molecular weight is 290 g/mol. The van der Waals surface area contributed by atoms with Gasteiger partial charge in [-0.15, -0.1) is 0 Å². The first kappa shape index (κ1) is 15.8. The van der Waals surface area contributed by atoms with Crippen molar-refractivity contribution in [2.24, 2.45) is 0 Å². The minimum atomic E-state index is -0.790. The van der Waals surface area contributed by atoms with Crippen molar-refractivity contribution in [1.82, 2.24) is 9.80 Å². The number of amides is 1. The van der Waals surface area contributed by atoms with E-state index in [1.54, 1.807) is 4.90 Å². The van der Waals surface area contributed by atoms with Gasteiger partial charge in [0, 0.05) is 31.2 Å². The number of rotatable bonds is 3. The highest BCUT2D eigenvalue weighted by molar-refractivity contribution is 5.65. The molecule has 1 aromatic carbocycles. The van der Waals surface area contributed by atoms with Gasteiger partial charge < -0.3 is 10.0 Å². The molecule has 2 rings (SSSR count). The second-order valence-electron chi connectivity index (χ2n) is 6.77. The Balaban J connectivity index is 2.02. The van der Waals surface area contributed by atoms with Crippen molar-refractivity contribution < 1.29 is 9.90 Å². The van der Waals surface area contributed by atoms with Crippen LogP contribution in [0.15, 0.2) is 30.3 Å². The molecule has 1 heterocycles. The van der Waals surface area contributed by atoms with Crippen molar-refractivity contribution in [3.8, 4) is 0 Å². The highest BCUT2D eigenvalue weighted by Crippen LogP contribution is 2.22. The topological polar surface area (TPSA) is 43.8 Å². The van der Waals surface area contributed by atoms with Gasteiger partial charge in [-0.2, -0.15) is 0 Å². The van der Waals surface area contributed by atoms with Crippen LogP contribution in [0.4, 0.5) is 4.79 Å².